The summed E-state index contributed by atoms with van der Waals surface area (Å²) in [4.78, 5) is 13.5. The fraction of sp³-hybridized carbons (Fsp3) is 0.462. The van der Waals surface area contributed by atoms with E-state index < -0.39 is 0 Å². The first-order valence-corrected chi connectivity index (χ1v) is 7.17. The molecule has 4 nitrogen and oxygen atoms in total. The number of amides is 1. The van der Waals surface area contributed by atoms with E-state index in [4.69, 9.17) is 0 Å². The summed E-state index contributed by atoms with van der Waals surface area (Å²) in [5, 5.41) is 12.7. The zero-order valence-corrected chi connectivity index (χ0v) is 11.5. The number of benzene rings is 1. The average Bonchev–Trinajstić information content (AvgIpc) is 2.34. The van der Waals surface area contributed by atoms with Gasteiger partial charge in [-0.3, -0.25) is 4.79 Å². The van der Waals surface area contributed by atoms with E-state index in [-0.39, 0.29) is 11.7 Å². The maximum absolute atomic E-state index is 11.2. The third-order valence-corrected chi connectivity index (χ3v) is 3.92. The van der Waals surface area contributed by atoms with E-state index in [1.54, 1.807) is 6.07 Å². The van der Waals surface area contributed by atoms with E-state index in [1.165, 1.54) is 6.92 Å². The van der Waals surface area contributed by atoms with Crippen molar-refractivity contribution in [2.24, 2.45) is 0 Å². The summed E-state index contributed by atoms with van der Waals surface area (Å²) >= 11 is 1.93. The molecule has 0 bridgehead atoms. The van der Waals surface area contributed by atoms with Crippen LogP contribution in [0.15, 0.2) is 12.1 Å². The van der Waals surface area contributed by atoms with Crippen LogP contribution >= 0.6 is 11.8 Å². The molecule has 1 aromatic rings. The minimum atomic E-state index is -0.0901. The van der Waals surface area contributed by atoms with Crippen LogP contribution in [0.5, 0.6) is 5.75 Å². The Bertz CT molecular complexity index is 457. The van der Waals surface area contributed by atoms with Gasteiger partial charge < -0.3 is 15.3 Å². The lowest BCUT2D eigenvalue weighted by Gasteiger charge is -2.30. The lowest BCUT2D eigenvalue weighted by molar-refractivity contribution is -0.114. The minimum Gasteiger partial charge on any atom is -0.508 e. The second-order valence-corrected chi connectivity index (χ2v) is 5.66. The number of phenols is 1. The number of hydrogen-bond acceptors (Lipinski definition) is 4. The van der Waals surface area contributed by atoms with Gasteiger partial charge in [-0.05, 0) is 18.6 Å². The number of nitrogens with zero attached hydrogens (tertiary/aromatic N) is 1. The van der Waals surface area contributed by atoms with Crippen molar-refractivity contribution in [2.45, 2.75) is 13.8 Å². The van der Waals surface area contributed by atoms with Gasteiger partial charge in [0, 0.05) is 37.6 Å². The summed E-state index contributed by atoms with van der Waals surface area (Å²) in [6, 6.07) is 3.57. The van der Waals surface area contributed by atoms with Crippen molar-refractivity contribution < 1.29 is 9.90 Å². The molecule has 0 spiro atoms. The van der Waals surface area contributed by atoms with Crippen LogP contribution in [0.4, 0.5) is 11.4 Å². The number of carbonyl (C=O) groups excluding carboxylic acids is 1. The van der Waals surface area contributed by atoms with E-state index >= 15 is 0 Å². The Kier molecular flexibility index (Phi) is 4.01. The molecular weight excluding hydrogens is 248 g/mol. The standard InChI is InChI=1S/C13H18N2O2S/c1-9-7-11(14-10(2)16)12(8-13(9)17)15-3-5-18-6-4-15/h7-8,17H,3-6H2,1-2H3,(H,14,16). The van der Waals surface area contributed by atoms with Gasteiger partial charge in [-0.2, -0.15) is 11.8 Å². The van der Waals surface area contributed by atoms with Gasteiger partial charge in [-0.1, -0.05) is 0 Å². The van der Waals surface area contributed by atoms with E-state index in [0.717, 1.165) is 41.5 Å². The predicted octanol–water partition coefficient (Wildman–Crippen LogP) is 2.21. The molecule has 18 heavy (non-hydrogen) atoms. The number of aryl methyl sites for hydroxylation is 1. The van der Waals surface area contributed by atoms with Gasteiger partial charge in [-0.15, -0.1) is 0 Å². The molecule has 1 heterocycles. The van der Waals surface area contributed by atoms with Crippen LogP contribution in [0.1, 0.15) is 12.5 Å². The average molecular weight is 266 g/mol. The van der Waals surface area contributed by atoms with Gasteiger partial charge in [0.05, 0.1) is 11.4 Å². The van der Waals surface area contributed by atoms with E-state index in [1.807, 2.05) is 24.8 Å². The van der Waals surface area contributed by atoms with E-state index in [0.29, 0.717) is 0 Å². The monoisotopic (exact) mass is 266 g/mol. The van der Waals surface area contributed by atoms with Crippen molar-refractivity contribution in [1.29, 1.82) is 0 Å². The fourth-order valence-electron chi connectivity index (χ4n) is 2.04. The van der Waals surface area contributed by atoms with Gasteiger partial charge in [0.15, 0.2) is 0 Å². The molecule has 0 aliphatic carbocycles. The second kappa shape index (κ2) is 5.52. The predicted molar refractivity (Wildman–Crippen MR) is 76.7 cm³/mol. The lowest BCUT2D eigenvalue weighted by atomic mass is 10.1. The smallest absolute Gasteiger partial charge is 0.221 e. The normalized spacial score (nSPS) is 15.6. The molecule has 1 amide bonds. The molecule has 0 unspecified atom stereocenters. The number of nitrogens with one attached hydrogen (secondary N) is 1. The van der Waals surface area contributed by atoms with Gasteiger partial charge in [0.2, 0.25) is 5.91 Å². The Hall–Kier alpha value is -1.36. The highest BCUT2D eigenvalue weighted by atomic mass is 32.2. The van der Waals surface area contributed by atoms with Crippen molar-refractivity contribution in [3.8, 4) is 5.75 Å². The molecule has 1 saturated heterocycles. The minimum absolute atomic E-state index is 0.0901. The molecule has 2 rings (SSSR count). The zero-order chi connectivity index (χ0) is 13.1. The highest BCUT2D eigenvalue weighted by Crippen LogP contribution is 2.34. The number of aromatic hydroxyl groups is 1. The molecule has 1 aromatic carbocycles. The number of thioether (sulfide) groups is 1. The second-order valence-electron chi connectivity index (χ2n) is 4.44. The molecule has 2 N–H and O–H groups in total. The van der Waals surface area contributed by atoms with Gasteiger partial charge in [0.25, 0.3) is 0 Å². The molecule has 0 radical (unpaired) electrons. The first-order valence-electron chi connectivity index (χ1n) is 6.02. The molecule has 5 heteroatoms. The van der Waals surface area contributed by atoms with Crippen LogP contribution in [0, 0.1) is 6.92 Å². The number of anilines is 2. The number of carbonyl (C=O) groups is 1. The summed E-state index contributed by atoms with van der Waals surface area (Å²) in [5.41, 5.74) is 2.46. The van der Waals surface area contributed by atoms with Crippen molar-refractivity contribution in [3.05, 3.63) is 17.7 Å². The molecule has 0 saturated carbocycles. The van der Waals surface area contributed by atoms with Crippen molar-refractivity contribution >= 4 is 29.0 Å². The van der Waals surface area contributed by atoms with Crippen LogP contribution in [0.2, 0.25) is 0 Å². The quantitative estimate of drug-likeness (QED) is 0.806. The Morgan fingerprint density at radius 2 is 2.06 bits per heavy atom. The summed E-state index contributed by atoms with van der Waals surface area (Å²) < 4.78 is 0. The fourth-order valence-corrected chi connectivity index (χ4v) is 2.94. The molecule has 98 valence electrons. The third-order valence-electron chi connectivity index (χ3n) is 2.98. The SMILES string of the molecule is CC(=O)Nc1cc(C)c(O)cc1N1CCSCC1. The van der Waals surface area contributed by atoms with Crippen LogP contribution in [0.3, 0.4) is 0 Å². The third kappa shape index (κ3) is 2.90. The maximum Gasteiger partial charge on any atom is 0.221 e. The molecule has 1 aliphatic rings. The van der Waals surface area contributed by atoms with Crippen LogP contribution in [-0.2, 0) is 4.79 Å². The molecule has 0 aromatic heterocycles. The van der Waals surface area contributed by atoms with Crippen LogP contribution in [0.25, 0.3) is 0 Å². The van der Waals surface area contributed by atoms with Crippen molar-refractivity contribution in [1.82, 2.24) is 0 Å². The van der Waals surface area contributed by atoms with E-state index in [9.17, 15) is 9.90 Å². The Labute approximate surface area is 111 Å². The van der Waals surface area contributed by atoms with Crippen molar-refractivity contribution in [3.63, 3.8) is 0 Å². The first-order chi connectivity index (χ1) is 8.58. The topological polar surface area (TPSA) is 52.6 Å². The number of hydrogen-bond donors (Lipinski definition) is 2. The maximum atomic E-state index is 11.2. The Morgan fingerprint density at radius 1 is 1.39 bits per heavy atom. The lowest BCUT2D eigenvalue weighted by Crippen LogP contribution is -2.33. The largest absolute Gasteiger partial charge is 0.508 e. The number of rotatable bonds is 2. The summed E-state index contributed by atoms with van der Waals surface area (Å²) in [5.74, 6) is 2.34. The first kappa shape index (κ1) is 13.1. The summed E-state index contributed by atoms with van der Waals surface area (Å²) in [6.07, 6.45) is 0. The zero-order valence-electron chi connectivity index (χ0n) is 10.7. The highest BCUT2D eigenvalue weighted by molar-refractivity contribution is 7.99. The highest BCUT2D eigenvalue weighted by Gasteiger charge is 2.17. The van der Waals surface area contributed by atoms with Gasteiger partial charge in [0.1, 0.15) is 5.75 Å². The van der Waals surface area contributed by atoms with Gasteiger partial charge >= 0.3 is 0 Å². The van der Waals surface area contributed by atoms with Crippen molar-refractivity contribution in [2.75, 3.05) is 34.8 Å². The van der Waals surface area contributed by atoms with Crippen LogP contribution in [-0.4, -0.2) is 35.6 Å². The Morgan fingerprint density at radius 3 is 2.67 bits per heavy atom. The number of phenolic OH excluding ortho intramolecular Hbond substituents is 1. The molecule has 0 atom stereocenters. The summed E-state index contributed by atoms with van der Waals surface area (Å²) in [6.45, 7) is 5.22. The van der Waals surface area contributed by atoms with Gasteiger partial charge in [-0.25, -0.2) is 0 Å². The molecule has 1 fully saturated rings. The molecular formula is C13H18N2O2S. The van der Waals surface area contributed by atoms with Crippen LogP contribution < -0.4 is 10.2 Å². The Balaban J connectivity index is 2.35. The molecule has 1 aliphatic heterocycles. The van der Waals surface area contributed by atoms with E-state index in [2.05, 4.69) is 10.2 Å². The summed E-state index contributed by atoms with van der Waals surface area (Å²) in [7, 11) is 0.